The average Bonchev–Trinajstić information content (AvgIpc) is 2.63. The number of hydrogen-bond donors (Lipinski definition) is 3. The van der Waals surface area contributed by atoms with E-state index in [0.717, 1.165) is 5.69 Å². The molecule has 0 aromatic heterocycles. The Morgan fingerprint density at radius 2 is 1.84 bits per heavy atom. The minimum atomic E-state index is -0.800. The van der Waals surface area contributed by atoms with Gasteiger partial charge in [-0.25, -0.2) is 0 Å². The highest BCUT2D eigenvalue weighted by Crippen LogP contribution is 2.22. The minimum absolute atomic E-state index is 0.393. The van der Waals surface area contributed by atoms with Crippen molar-refractivity contribution in [3.05, 3.63) is 65.8 Å². The van der Waals surface area contributed by atoms with E-state index in [0.29, 0.717) is 16.5 Å². The van der Waals surface area contributed by atoms with Crippen molar-refractivity contribution in [3.8, 4) is 5.75 Å². The van der Waals surface area contributed by atoms with Gasteiger partial charge in [0.2, 0.25) is 5.78 Å². The molecule has 0 spiro atoms. The number of carbonyl (C=O) groups is 2. The fourth-order valence-electron chi connectivity index (χ4n) is 1.95. The van der Waals surface area contributed by atoms with E-state index in [4.69, 9.17) is 21.7 Å². The molecule has 6 nitrogen and oxygen atoms in total. The highest BCUT2D eigenvalue weighted by Gasteiger charge is 2.17. The number of ketones is 1. The SMILES string of the molecule is COc1ccccc1NC(=O)C(=N)C(=O)/C=C\[NH2+]c1ccc(Cl)cc1. The first kappa shape index (κ1) is 18.4. The van der Waals surface area contributed by atoms with E-state index in [9.17, 15) is 9.59 Å². The molecule has 0 unspecified atom stereocenters. The zero-order valence-corrected chi connectivity index (χ0v) is 14.2. The minimum Gasteiger partial charge on any atom is -0.495 e. The molecule has 0 radical (unpaired) electrons. The van der Waals surface area contributed by atoms with E-state index in [1.807, 2.05) is 0 Å². The second-order valence-corrected chi connectivity index (χ2v) is 5.41. The monoisotopic (exact) mass is 358 g/mol. The van der Waals surface area contributed by atoms with Gasteiger partial charge in [0.05, 0.1) is 12.8 Å². The van der Waals surface area contributed by atoms with E-state index in [2.05, 4.69) is 5.32 Å². The Hall–Kier alpha value is -2.96. The third-order valence-electron chi connectivity index (χ3n) is 3.23. The molecule has 4 N–H and O–H groups in total. The van der Waals surface area contributed by atoms with Gasteiger partial charge in [0.1, 0.15) is 17.6 Å². The predicted molar refractivity (Wildman–Crippen MR) is 96.5 cm³/mol. The van der Waals surface area contributed by atoms with Crippen molar-refractivity contribution in [1.29, 1.82) is 5.41 Å². The van der Waals surface area contributed by atoms with Crippen molar-refractivity contribution in [2.45, 2.75) is 0 Å². The summed E-state index contributed by atoms with van der Waals surface area (Å²) in [6, 6.07) is 13.8. The Bertz CT molecular complexity index is 817. The lowest BCUT2D eigenvalue weighted by Gasteiger charge is -2.09. The highest BCUT2D eigenvalue weighted by molar-refractivity contribution is 6.68. The van der Waals surface area contributed by atoms with Gasteiger partial charge in [0, 0.05) is 23.2 Å². The molecule has 0 saturated carbocycles. The van der Waals surface area contributed by atoms with Gasteiger partial charge in [-0.15, -0.1) is 0 Å². The summed E-state index contributed by atoms with van der Waals surface area (Å²) in [7, 11) is 1.47. The summed E-state index contributed by atoms with van der Waals surface area (Å²) < 4.78 is 5.11. The second kappa shape index (κ2) is 8.77. The number of ether oxygens (including phenoxy) is 1. The van der Waals surface area contributed by atoms with Crippen molar-refractivity contribution in [1.82, 2.24) is 0 Å². The molecule has 2 aromatic rings. The largest absolute Gasteiger partial charge is 0.495 e. The van der Waals surface area contributed by atoms with Crippen molar-refractivity contribution in [3.63, 3.8) is 0 Å². The summed E-state index contributed by atoms with van der Waals surface area (Å²) in [6.45, 7) is 0. The molecule has 0 aliphatic rings. The third-order valence-corrected chi connectivity index (χ3v) is 3.49. The normalized spacial score (nSPS) is 10.5. The van der Waals surface area contributed by atoms with Crippen molar-refractivity contribution < 1.29 is 19.6 Å². The van der Waals surface area contributed by atoms with Crippen molar-refractivity contribution in [2.24, 2.45) is 0 Å². The van der Waals surface area contributed by atoms with E-state index in [-0.39, 0.29) is 0 Å². The number of rotatable bonds is 7. The van der Waals surface area contributed by atoms with Crippen LogP contribution >= 0.6 is 11.6 Å². The van der Waals surface area contributed by atoms with Gasteiger partial charge in [-0.1, -0.05) is 23.7 Å². The summed E-state index contributed by atoms with van der Waals surface area (Å²) in [6.07, 6.45) is 2.65. The smallest absolute Gasteiger partial charge is 0.277 e. The summed E-state index contributed by atoms with van der Waals surface area (Å²) in [5, 5.41) is 12.5. The third kappa shape index (κ3) is 5.27. The van der Waals surface area contributed by atoms with Crippen LogP contribution < -0.4 is 15.4 Å². The Kier molecular flexibility index (Phi) is 6.45. The first-order chi connectivity index (χ1) is 12.0. The molecule has 0 saturated heterocycles. The quantitative estimate of drug-likeness (QED) is 0.306. The molecule has 0 heterocycles. The van der Waals surface area contributed by atoms with Gasteiger partial charge >= 0.3 is 0 Å². The van der Waals surface area contributed by atoms with Gasteiger partial charge in [0.25, 0.3) is 5.91 Å². The first-order valence-corrected chi connectivity index (χ1v) is 7.73. The van der Waals surface area contributed by atoms with Crippen LogP contribution in [0.5, 0.6) is 5.75 Å². The average molecular weight is 359 g/mol. The molecular weight excluding hydrogens is 342 g/mol. The van der Waals surface area contributed by atoms with Gasteiger partial charge in [-0.3, -0.25) is 20.3 Å². The standard InChI is InChI=1S/C18H16ClN3O3/c1-25-16-5-3-2-4-14(16)22-18(24)17(20)15(23)10-11-21-13-8-6-12(19)7-9-13/h2-11,20-21H,1H3,(H,22,24)/p+1/b11-10-,20-17?. The Labute approximate surface area is 150 Å². The number of anilines is 1. The maximum Gasteiger partial charge on any atom is 0.277 e. The van der Waals surface area contributed by atoms with Crippen LogP contribution in [0.25, 0.3) is 0 Å². The molecule has 2 rings (SSSR count). The predicted octanol–water partition coefficient (Wildman–Crippen LogP) is 2.28. The number of amides is 1. The van der Waals surface area contributed by atoms with Crippen LogP contribution in [0.3, 0.4) is 0 Å². The van der Waals surface area contributed by atoms with Gasteiger partial charge in [-0.05, 0) is 24.3 Å². The number of methoxy groups -OCH3 is 1. The Balaban J connectivity index is 1.94. The lowest BCUT2D eigenvalue weighted by Crippen LogP contribution is -2.71. The lowest BCUT2D eigenvalue weighted by atomic mass is 10.2. The van der Waals surface area contributed by atoms with Crippen LogP contribution in [0, 0.1) is 5.41 Å². The number of allylic oxidation sites excluding steroid dienone is 1. The van der Waals surface area contributed by atoms with E-state index >= 15 is 0 Å². The van der Waals surface area contributed by atoms with E-state index in [1.54, 1.807) is 53.8 Å². The number of benzene rings is 2. The summed E-state index contributed by atoms with van der Waals surface area (Å²) in [5.41, 5.74) is 0.578. The van der Waals surface area contributed by atoms with Crippen molar-refractivity contribution in [2.75, 3.05) is 12.4 Å². The van der Waals surface area contributed by atoms with E-state index in [1.165, 1.54) is 19.4 Å². The number of carbonyl (C=O) groups excluding carboxylic acids is 2. The Morgan fingerprint density at radius 1 is 1.16 bits per heavy atom. The number of para-hydroxylation sites is 2. The van der Waals surface area contributed by atoms with Crippen LogP contribution in [0.4, 0.5) is 11.4 Å². The van der Waals surface area contributed by atoms with Crippen LogP contribution in [0.2, 0.25) is 5.02 Å². The number of nitrogens with one attached hydrogen (secondary N) is 2. The van der Waals surface area contributed by atoms with E-state index < -0.39 is 17.4 Å². The summed E-state index contributed by atoms with van der Waals surface area (Å²) in [5.74, 6) is -1.05. The molecule has 25 heavy (non-hydrogen) atoms. The summed E-state index contributed by atoms with van der Waals surface area (Å²) in [4.78, 5) is 24.0. The summed E-state index contributed by atoms with van der Waals surface area (Å²) >= 11 is 5.79. The number of halogens is 1. The topological polar surface area (TPSA) is 95.9 Å². The molecule has 1 amide bonds. The van der Waals surface area contributed by atoms with Crippen LogP contribution in [0.15, 0.2) is 60.8 Å². The molecule has 0 bridgehead atoms. The lowest BCUT2D eigenvalue weighted by molar-refractivity contribution is -0.496. The molecule has 0 aliphatic carbocycles. The van der Waals surface area contributed by atoms with Gasteiger partial charge < -0.3 is 10.1 Å². The molecule has 2 aromatic carbocycles. The van der Waals surface area contributed by atoms with Crippen LogP contribution in [-0.2, 0) is 9.59 Å². The number of nitrogens with two attached hydrogens (primary N) is 1. The number of hydrogen-bond acceptors (Lipinski definition) is 4. The molecule has 0 fully saturated rings. The zero-order valence-electron chi connectivity index (χ0n) is 13.5. The van der Waals surface area contributed by atoms with Gasteiger partial charge in [-0.2, -0.15) is 0 Å². The fraction of sp³-hybridized carbons (Fsp3) is 0.0556. The zero-order chi connectivity index (χ0) is 18.2. The molecule has 0 atom stereocenters. The molecule has 7 heteroatoms. The molecular formula is C18H17ClN3O3+. The first-order valence-electron chi connectivity index (χ1n) is 7.35. The fourth-order valence-corrected chi connectivity index (χ4v) is 2.07. The molecule has 0 aliphatic heterocycles. The van der Waals surface area contributed by atoms with Gasteiger partial charge in [0.15, 0.2) is 5.71 Å². The highest BCUT2D eigenvalue weighted by atomic mass is 35.5. The Morgan fingerprint density at radius 3 is 2.52 bits per heavy atom. The second-order valence-electron chi connectivity index (χ2n) is 4.97. The van der Waals surface area contributed by atoms with Crippen LogP contribution in [0.1, 0.15) is 0 Å². The van der Waals surface area contributed by atoms with Crippen LogP contribution in [-0.4, -0.2) is 24.5 Å². The van der Waals surface area contributed by atoms with Crippen molar-refractivity contribution >= 4 is 40.4 Å². The number of quaternary nitrogens is 1. The maximum atomic E-state index is 12.0. The maximum absolute atomic E-state index is 12.0. The molecule has 128 valence electrons.